The van der Waals surface area contributed by atoms with E-state index in [0.717, 1.165) is 13.1 Å². The number of phenolic OH excluding ortho intramolecular Hbond substituents is 2. The monoisotopic (exact) mass is 236 g/mol. The normalized spacial score (nSPS) is 15.4. The number of nitrogens with zero attached hydrogens (tertiary/aromatic N) is 1. The van der Waals surface area contributed by atoms with Gasteiger partial charge in [-0.1, -0.05) is 0 Å². The molecule has 1 saturated heterocycles. The molecule has 0 radical (unpaired) electrons. The molecule has 0 atom stereocenters. The number of rotatable bonds is 3. The van der Waals surface area contributed by atoms with Crippen LogP contribution >= 0.6 is 0 Å². The van der Waals surface area contributed by atoms with E-state index in [1.807, 2.05) is 6.92 Å². The summed E-state index contributed by atoms with van der Waals surface area (Å²) in [6.07, 6.45) is 0. The van der Waals surface area contributed by atoms with Gasteiger partial charge in [-0.2, -0.15) is 0 Å². The number of hydrogen-bond acceptors (Lipinski definition) is 4. The molecule has 1 amide bonds. The van der Waals surface area contributed by atoms with E-state index >= 15 is 0 Å². The van der Waals surface area contributed by atoms with E-state index in [1.165, 1.54) is 18.2 Å². The Hall–Kier alpha value is -1.75. The van der Waals surface area contributed by atoms with Gasteiger partial charge in [-0.15, -0.1) is 0 Å². The van der Waals surface area contributed by atoms with Crippen molar-refractivity contribution in [3.05, 3.63) is 23.8 Å². The maximum atomic E-state index is 12.2. The van der Waals surface area contributed by atoms with E-state index in [0.29, 0.717) is 12.1 Å². The first-order valence-corrected chi connectivity index (χ1v) is 5.66. The molecule has 5 nitrogen and oxygen atoms in total. The van der Waals surface area contributed by atoms with Crippen LogP contribution in [0.25, 0.3) is 0 Å². The van der Waals surface area contributed by atoms with E-state index in [1.54, 1.807) is 4.90 Å². The maximum absolute atomic E-state index is 12.2. The smallest absolute Gasteiger partial charge is 0.254 e. The summed E-state index contributed by atoms with van der Waals surface area (Å²) in [7, 11) is 0. The summed E-state index contributed by atoms with van der Waals surface area (Å²) in [6.45, 7) is 4.12. The zero-order chi connectivity index (χ0) is 12.4. The van der Waals surface area contributed by atoms with Crippen molar-refractivity contribution in [2.45, 2.75) is 13.0 Å². The van der Waals surface area contributed by atoms with Gasteiger partial charge >= 0.3 is 0 Å². The molecule has 3 N–H and O–H groups in total. The molecule has 5 heteroatoms. The minimum atomic E-state index is -0.162. The van der Waals surface area contributed by atoms with Gasteiger partial charge in [0.1, 0.15) is 11.5 Å². The topological polar surface area (TPSA) is 72.8 Å². The number of benzene rings is 1. The molecule has 1 aromatic rings. The Morgan fingerprint density at radius 1 is 1.35 bits per heavy atom. The second-order valence-corrected chi connectivity index (χ2v) is 4.14. The summed E-state index contributed by atoms with van der Waals surface area (Å²) < 4.78 is 0. The Morgan fingerprint density at radius 3 is 2.35 bits per heavy atom. The highest BCUT2D eigenvalue weighted by molar-refractivity contribution is 5.95. The number of phenols is 2. The molecule has 1 aliphatic rings. The van der Waals surface area contributed by atoms with Crippen molar-refractivity contribution >= 4 is 5.91 Å². The van der Waals surface area contributed by atoms with Crippen LogP contribution in [0.1, 0.15) is 17.3 Å². The average Bonchev–Trinajstić information content (AvgIpc) is 2.20. The lowest BCUT2D eigenvalue weighted by atomic mass is 10.1. The van der Waals surface area contributed by atoms with Crippen molar-refractivity contribution in [1.29, 1.82) is 0 Å². The molecule has 2 rings (SSSR count). The molecule has 17 heavy (non-hydrogen) atoms. The lowest BCUT2D eigenvalue weighted by molar-refractivity contribution is 0.0629. The minimum absolute atomic E-state index is 0.101. The van der Waals surface area contributed by atoms with Gasteiger partial charge in [0, 0.05) is 31.3 Å². The quantitative estimate of drug-likeness (QED) is 0.716. The molecule has 0 saturated carbocycles. The highest BCUT2D eigenvalue weighted by atomic mass is 16.3. The zero-order valence-corrected chi connectivity index (χ0v) is 9.68. The third kappa shape index (κ3) is 2.34. The first kappa shape index (κ1) is 11.7. The summed E-state index contributed by atoms with van der Waals surface area (Å²) in [5, 5.41) is 21.8. The number of carbonyl (C=O) groups excluding carboxylic acids is 1. The molecule has 0 aliphatic carbocycles. The number of carbonyl (C=O) groups is 1. The second-order valence-electron chi connectivity index (χ2n) is 4.14. The Bertz CT molecular complexity index is 410. The number of hydrogen-bond donors (Lipinski definition) is 3. The summed E-state index contributed by atoms with van der Waals surface area (Å²) >= 11 is 0. The van der Waals surface area contributed by atoms with Crippen molar-refractivity contribution in [2.24, 2.45) is 0 Å². The molecule has 1 fully saturated rings. The SMILES string of the molecule is CCN(C(=O)c1cc(O)cc(O)c1)C1CNC1. The van der Waals surface area contributed by atoms with E-state index in [-0.39, 0.29) is 23.4 Å². The maximum Gasteiger partial charge on any atom is 0.254 e. The van der Waals surface area contributed by atoms with E-state index in [2.05, 4.69) is 5.32 Å². The Morgan fingerprint density at radius 2 is 1.94 bits per heavy atom. The summed E-state index contributed by atoms with van der Waals surface area (Å²) in [6, 6.07) is 4.16. The molecule has 1 aromatic carbocycles. The van der Waals surface area contributed by atoms with Gasteiger partial charge in [0.25, 0.3) is 5.91 Å². The highest BCUT2D eigenvalue weighted by Crippen LogP contribution is 2.22. The first-order valence-electron chi connectivity index (χ1n) is 5.66. The largest absolute Gasteiger partial charge is 0.508 e. The van der Waals surface area contributed by atoms with Crippen LogP contribution in [0.15, 0.2) is 18.2 Å². The third-order valence-corrected chi connectivity index (χ3v) is 2.95. The lowest BCUT2D eigenvalue weighted by Gasteiger charge is -2.37. The average molecular weight is 236 g/mol. The molecular formula is C12H16N2O3. The van der Waals surface area contributed by atoms with E-state index in [4.69, 9.17) is 0 Å². The number of amides is 1. The zero-order valence-electron chi connectivity index (χ0n) is 9.68. The van der Waals surface area contributed by atoms with E-state index in [9.17, 15) is 15.0 Å². The van der Waals surface area contributed by atoms with Gasteiger partial charge in [-0.25, -0.2) is 0 Å². The molecule has 0 unspecified atom stereocenters. The fraction of sp³-hybridized carbons (Fsp3) is 0.417. The lowest BCUT2D eigenvalue weighted by Crippen LogP contribution is -2.58. The Labute approximate surface area is 99.7 Å². The van der Waals surface area contributed by atoms with Crippen LogP contribution in [-0.2, 0) is 0 Å². The molecule has 0 spiro atoms. The van der Waals surface area contributed by atoms with Crippen LogP contribution in [-0.4, -0.2) is 46.7 Å². The van der Waals surface area contributed by atoms with Crippen molar-refractivity contribution in [1.82, 2.24) is 10.2 Å². The third-order valence-electron chi connectivity index (χ3n) is 2.95. The number of likely N-dealkylation sites (N-methyl/N-ethyl adjacent to an activating group) is 1. The molecular weight excluding hydrogens is 220 g/mol. The Kier molecular flexibility index (Phi) is 3.19. The van der Waals surface area contributed by atoms with Crippen molar-refractivity contribution in [3.8, 4) is 11.5 Å². The fourth-order valence-electron chi connectivity index (χ4n) is 1.95. The fourth-order valence-corrected chi connectivity index (χ4v) is 1.95. The van der Waals surface area contributed by atoms with Crippen LogP contribution in [0.5, 0.6) is 11.5 Å². The van der Waals surface area contributed by atoms with Crippen LogP contribution in [0, 0.1) is 0 Å². The van der Waals surface area contributed by atoms with Crippen LogP contribution < -0.4 is 5.32 Å². The van der Waals surface area contributed by atoms with Gasteiger partial charge in [-0.3, -0.25) is 4.79 Å². The van der Waals surface area contributed by atoms with Gasteiger partial charge < -0.3 is 20.4 Å². The number of nitrogens with one attached hydrogen (secondary N) is 1. The Balaban J connectivity index is 2.22. The minimum Gasteiger partial charge on any atom is -0.508 e. The van der Waals surface area contributed by atoms with Gasteiger partial charge in [-0.05, 0) is 19.1 Å². The van der Waals surface area contributed by atoms with Crippen molar-refractivity contribution in [3.63, 3.8) is 0 Å². The molecule has 1 aliphatic heterocycles. The predicted molar refractivity (Wildman–Crippen MR) is 63.1 cm³/mol. The van der Waals surface area contributed by atoms with E-state index < -0.39 is 0 Å². The van der Waals surface area contributed by atoms with Gasteiger partial charge in [0.05, 0.1) is 6.04 Å². The second kappa shape index (κ2) is 4.63. The first-order chi connectivity index (χ1) is 8.11. The molecule has 92 valence electrons. The van der Waals surface area contributed by atoms with Gasteiger partial charge in [0.15, 0.2) is 0 Å². The van der Waals surface area contributed by atoms with Crippen LogP contribution in [0.2, 0.25) is 0 Å². The summed E-state index contributed by atoms with van der Waals surface area (Å²) in [5.41, 5.74) is 0.316. The van der Waals surface area contributed by atoms with Crippen LogP contribution in [0.3, 0.4) is 0 Å². The van der Waals surface area contributed by atoms with Gasteiger partial charge in [0.2, 0.25) is 0 Å². The van der Waals surface area contributed by atoms with Crippen molar-refractivity contribution < 1.29 is 15.0 Å². The molecule has 1 heterocycles. The predicted octanol–water partition coefficient (Wildman–Crippen LogP) is 0.532. The summed E-state index contributed by atoms with van der Waals surface area (Å²) in [5.74, 6) is -0.363. The number of aromatic hydroxyl groups is 2. The van der Waals surface area contributed by atoms with Crippen LogP contribution in [0.4, 0.5) is 0 Å². The highest BCUT2D eigenvalue weighted by Gasteiger charge is 2.28. The summed E-state index contributed by atoms with van der Waals surface area (Å²) in [4.78, 5) is 13.9. The molecule has 0 bridgehead atoms. The standard InChI is InChI=1S/C12H16N2O3/c1-2-14(9-6-13-7-9)12(17)8-3-10(15)5-11(16)4-8/h3-5,9,13,15-16H,2,6-7H2,1H3. The van der Waals surface area contributed by atoms with Crippen molar-refractivity contribution in [2.75, 3.05) is 19.6 Å². The molecule has 0 aromatic heterocycles.